The van der Waals surface area contributed by atoms with E-state index in [1.165, 1.54) is 25.3 Å². The zero-order valence-corrected chi connectivity index (χ0v) is 21.4. The molecule has 1 aliphatic rings. The molecule has 1 atom stereocenters. The highest BCUT2D eigenvalue weighted by atomic mass is 19.1. The number of hydrogen-bond acceptors (Lipinski definition) is 7. The molecule has 0 radical (unpaired) electrons. The van der Waals surface area contributed by atoms with Gasteiger partial charge in [0.2, 0.25) is 0 Å². The third-order valence-corrected chi connectivity index (χ3v) is 6.67. The van der Waals surface area contributed by atoms with Crippen LogP contribution >= 0.6 is 0 Å². The fourth-order valence-corrected chi connectivity index (χ4v) is 4.75. The van der Waals surface area contributed by atoms with E-state index in [2.05, 4.69) is 10.1 Å². The van der Waals surface area contributed by atoms with Crippen LogP contribution in [0.15, 0.2) is 85.2 Å². The molecule has 0 unspecified atom stereocenters. The SMILES string of the molecule is COC(=O)c1ccc(-n2cccn2)c([C@H](C)Oc2cc3cc(F)ccc3nc2N2C(=O)c3ccccc3C2=O)c1. The van der Waals surface area contributed by atoms with Crippen LogP contribution in [0.1, 0.15) is 49.7 Å². The second kappa shape index (κ2) is 9.73. The molecule has 0 bridgehead atoms. The zero-order valence-electron chi connectivity index (χ0n) is 21.4. The monoisotopic (exact) mass is 536 g/mol. The molecule has 2 aromatic heterocycles. The number of methoxy groups -OCH3 is 1. The number of carbonyl (C=O) groups is 3. The normalized spacial score (nSPS) is 13.4. The van der Waals surface area contributed by atoms with Gasteiger partial charge in [0.25, 0.3) is 11.8 Å². The van der Waals surface area contributed by atoms with E-state index in [0.717, 1.165) is 4.90 Å². The molecule has 198 valence electrons. The molecule has 1 aliphatic heterocycles. The molecule has 2 amide bonds. The van der Waals surface area contributed by atoms with Gasteiger partial charge < -0.3 is 9.47 Å². The van der Waals surface area contributed by atoms with Crippen molar-refractivity contribution in [2.24, 2.45) is 0 Å². The Morgan fingerprint density at radius 3 is 2.38 bits per heavy atom. The summed E-state index contributed by atoms with van der Waals surface area (Å²) in [5, 5.41) is 4.71. The van der Waals surface area contributed by atoms with Crippen molar-refractivity contribution in [2.75, 3.05) is 12.0 Å². The molecule has 0 saturated carbocycles. The Labute approximate surface area is 227 Å². The first-order valence-corrected chi connectivity index (χ1v) is 12.3. The predicted octanol–water partition coefficient (Wildman–Crippen LogP) is 5.29. The lowest BCUT2D eigenvalue weighted by Crippen LogP contribution is -2.31. The zero-order chi connectivity index (χ0) is 28.0. The lowest BCUT2D eigenvalue weighted by molar-refractivity contribution is 0.0600. The molecule has 10 heteroatoms. The van der Waals surface area contributed by atoms with Crippen molar-refractivity contribution >= 4 is 34.5 Å². The Balaban J connectivity index is 1.48. The van der Waals surface area contributed by atoms with Crippen LogP contribution in [0.25, 0.3) is 16.6 Å². The van der Waals surface area contributed by atoms with Gasteiger partial charge in [-0.25, -0.2) is 23.8 Å². The van der Waals surface area contributed by atoms with Crippen LogP contribution in [-0.2, 0) is 4.74 Å². The maximum Gasteiger partial charge on any atom is 0.337 e. The van der Waals surface area contributed by atoms with Crippen molar-refractivity contribution in [1.82, 2.24) is 14.8 Å². The largest absolute Gasteiger partial charge is 0.482 e. The lowest BCUT2D eigenvalue weighted by atomic mass is 10.0. The van der Waals surface area contributed by atoms with Crippen molar-refractivity contribution in [3.63, 3.8) is 0 Å². The highest BCUT2D eigenvalue weighted by Crippen LogP contribution is 2.38. The maximum atomic E-state index is 14.1. The van der Waals surface area contributed by atoms with Crippen LogP contribution in [-0.4, -0.2) is 39.7 Å². The number of imide groups is 1. The van der Waals surface area contributed by atoms with E-state index in [9.17, 15) is 18.8 Å². The van der Waals surface area contributed by atoms with Gasteiger partial charge in [-0.3, -0.25) is 9.59 Å². The minimum Gasteiger partial charge on any atom is -0.482 e. The average Bonchev–Trinajstić information content (AvgIpc) is 3.59. The van der Waals surface area contributed by atoms with Gasteiger partial charge in [-0.05, 0) is 67.6 Å². The Hall–Kier alpha value is -5.38. The number of hydrogen-bond donors (Lipinski definition) is 0. The van der Waals surface area contributed by atoms with Crippen molar-refractivity contribution in [3.8, 4) is 11.4 Å². The van der Waals surface area contributed by atoms with E-state index in [-0.39, 0.29) is 22.7 Å². The number of rotatable bonds is 6. The van der Waals surface area contributed by atoms with E-state index in [0.29, 0.717) is 27.7 Å². The number of fused-ring (bicyclic) bond motifs is 2. The second-order valence-corrected chi connectivity index (χ2v) is 9.11. The first-order valence-electron chi connectivity index (χ1n) is 12.3. The molecule has 0 aliphatic carbocycles. The van der Waals surface area contributed by atoms with Gasteiger partial charge in [0, 0.05) is 23.3 Å². The summed E-state index contributed by atoms with van der Waals surface area (Å²) in [6.45, 7) is 1.74. The van der Waals surface area contributed by atoms with Crippen LogP contribution in [0.2, 0.25) is 0 Å². The number of aromatic nitrogens is 3. The van der Waals surface area contributed by atoms with Gasteiger partial charge in [-0.1, -0.05) is 12.1 Å². The highest BCUT2D eigenvalue weighted by molar-refractivity contribution is 6.34. The average molecular weight is 537 g/mol. The van der Waals surface area contributed by atoms with Gasteiger partial charge in [0.1, 0.15) is 11.9 Å². The standard InChI is InChI=1S/C30H21FN4O5/c1-17(23-15-18(30(38)39-2)8-11-25(23)34-13-5-12-32-34)40-26-16-19-14-20(31)9-10-24(19)33-27(26)35-28(36)21-6-3-4-7-22(21)29(35)37/h3-17H,1-2H3/t17-/m0/s1. The van der Waals surface area contributed by atoms with E-state index in [1.807, 2.05) is 0 Å². The summed E-state index contributed by atoms with van der Waals surface area (Å²) in [5.74, 6) is -2.05. The van der Waals surface area contributed by atoms with Gasteiger partial charge in [-0.15, -0.1) is 0 Å². The van der Waals surface area contributed by atoms with Crippen LogP contribution < -0.4 is 9.64 Å². The third-order valence-electron chi connectivity index (χ3n) is 6.67. The lowest BCUT2D eigenvalue weighted by Gasteiger charge is -2.23. The minimum absolute atomic E-state index is 0.0260. The Bertz CT molecular complexity index is 1780. The third kappa shape index (κ3) is 4.15. The molecule has 40 heavy (non-hydrogen) atoms. The van der Waals surface area contributed by atoms with Crippen molar-refractivity contribution < 1.29 is 28.2 Å². The number of nitrogens with zero attached hydrogens (tertiary/aromatic N) is 4. The number of pyridine rings is 1. The van der Waals surface area contributed by atoms with Gasteiger partial charge in [0.05, 0.1) is 35.0 Å². The van der Waals surface area contributed by atoms with Gasteiger partial charge >= 0.3 is 5.97 Å². The maximum absolute atomic E-state index is 14.1. The van der Waals surface area contributed by atoms with Crippen LogP contribution in [0.3, 0.4) is 0 Å². The van der Waals surface area contributed by atoms with E-state index < -0.39 is 29.7 Å². The summed E-state index contributed by atoms with van der Waals surface area (Å²) < 4.78 is 27.0. The molecule has 0 saturated heterocycles. The molecule has 9 nitrogen and oxygen atoms in total. The quantitative estimate of drug-likeness (QED) is 0.215. The molecule has 0 N–H and O–H groups in total. The van der Waals surface area contributed by atoms with E-state index in [1.54, 1.807) is 78.6 Å². The van der Waals surface area contributed by atoms with Crippen LogP contribution in [0.5, 0.6) is 5.75 Å². The second-order valence-electron chi connectivity index (χ2n) is 9.11. The van der Waals surface area contributed by atoms with Crippen molar-refractivity contribution in [1.29, 1.82) is 0 Å². The Morgan fingerprint density at radius 1 is 0.950 bits per heavy atom. The van der Waals surface area contributed by atoms with E-state index in [4.69, 9.17) is 9.47 Å². The van der Waals surface area contributed by atoms with Crippen LogP contribution in [0, 0.1) is 5.82 Å². The molecule has 3 aromatic carbocycles. The fraction of sp³-hybridized carbons (Fsp3) is 0.100. The summed E-state index contributed by atoms with van der Waals surface area (Å²) in [7, 11) is 1.29. The summed E-state index contributed by atoms with van der Waals surface area (Å²) >= 11 is 0. The molecule has 0 fully saturated rings. The molecule has 5 aromatic rings. The Morgan fingerprint density at radius 2 is 1.70 bits per heavy atom. The fourth-order valence-electron chi connectivity index (χ4n) is 4.75. The minimum atomic E-state index is -0.745. The number of carbonyl (C=O) groups excluding carboxylic acids is 3. The summed E-state index contributed by atoms with van der Waals surface area (Å²) in [4.78, 5) is 44.6. The molecule has 6 rings (SSSR count). The van der Waals surface area contributed by atoms with E-state index >= 15 is 0 Å². The van der Waals surface area contributed by atoms with Gasteiger partial charge in [0.15, 0.2) is 11.6 Å². The number of amides is 2. The number of ether oxygens (including phenoxy) is 2. The van der Waals surface area contributed by atoms with Crippen molar-refractivity contribution in [2.45, 2.75) is 13.0 Å². The predicted molar refractivity (Wildman–Crippen MR) is 143 cm³/mol. The summed E-state index contributed by atoms with van der Waals surface area (Å²) in [6, 6.07) is 18.8. The number of benzene rings is 3. The topological polar surface area (TPSA) is 104 Å². The first-order chi connectivity index (χ1) is 19.4. The molecular formula is C30H21FN4O5. The number of anilines is 1. The van der Waals surface area contributed by atoms with Crippen molar-refractivity contribution in [3.05, 3.63) is 113 Å². The summed E-state index contributed by atoms with van der Waals surface area (Å²) in [5.41, 5.74) is 2.37. The molecular weight excluding hydrogens is 515 g/mol. The van der Waals surface area contributed by atoms with Crippen LogP contribution in [0.4, 0.5) is 10.2 Å². The highest BCUT2D eigenvalue weighted by Gasteiger charge is 2.39. The number of halogens is 1. The summed E-state index contributed by atoms with van der Waals surface area (Å²) in [6.07, 6.45) is 2.62. The number of esters is 1. The Kier molecular flexibility index (Phi) is 6.07. The first kappa shape index (κ1) is 24.9. The van der Waals surface area contributed by atoms with Gasteiger partial charge in [-0.2, -0.15) is 5.10 Å². The smallest absolute Gasteiger partial charge is 0.337 e. The molecule has 3 heterocycles. The molecule has 0 spiro atoms.